The lowest BCUT2D eigenvalue weighted by Gasteiger charge is -1.79. The minimum atomic E-state index is 0. The van der Waals surface area contributed by atoms with Crippen LogP contribution >= 0.6 is 0 Å². The van der Waals surface area contributed by atoms with Gasteiger partial charge in [0.15, 0.2) is 5.78 Å². The molecule has 1 heterocycles. The highest BCUT2D eigenvalue weighted by atomic mass is 16.1. The van der Waals surface area contributed by atoms with Gasteiger partial charge in [0, 0.05) is 13.8 Å². The molecular formula is C7H10N2O. The fraction of sp³-hybridized carbons (Fsp3) is 0.143. The summed E-state index contributed by atoms with van der Waals surface area (Å²) in [6.07, 6.45) is 6.46. The van der Waals surface area contributed by atoms with Crippen LogP contribution in [-0.2, 0) is 4.79 Å². The minimum absolute atomic E-state index is 0. The largest absolute Gasteiger partial charge is 0.345 e. The molecule has 0 spiro atoms. The van der Waals surface area contributed by atoms with E-state index in [9.17, 15) is 4.79 Å². The second kappa shape index (κ2) is 2.96. The van der Waals surface area contributed by atoms with Crippen LogP contribution in [0.2, 0.25) is 0 Å². The molecule has 1 aromatic heterocycles. The number of nitrogens with one attached hydrogen (secondary N) is 1. The zero-order chi connectivity index (χ0) is 7.40. The van der Waals surface area contributed by atoms with Gasteiger partial charge in [-0.05, 0) is 19.1 Å². The third kappa shape index (κ3) is 1.85. The lowest BCUT2D eigenvalue weighted by atomic mass is 10.4. The maximum Gasteiger partial charge on any atom is 0.152 e. The van der Waals surface area contributed by atoms with E-state index in [-0.39, 0.29) is 7.21 Å². The SMILES string of the molecule is CC(=O)/C=C/c1ncc[nH]1.[HH]. The summed E-state index contributed by atoms with van der Waals surface area (Å²) in [7, 11) is 0. The van der Waals surface area contributed by atoms with E-state index in [2.05, 4.69) is 9.97 Å². The van der Waals surface area contributed by atoms with Gasteiger partial charge in [-0.15, -0.1) is 0 Å². The first-order valence-corrected chi connectivity index (χ1v) is 2.97. The fourth-order valence-corrected chi connectivity index (χ4v) is 0.565. The molecule has 0 aliphatic carbocycles. The monoisotopic (exact) mass is 138 g/mol. The van der Waals surface area contributed by atoms with E-state index in [1.54, 1.807) is 18.5 Å². The smallest absolute Gasteiger partial charge is 0.152 e. The van der Waals surface area contributed by atoms with Crippen LogP contribution < -0.4 is 0 Å². The average molecular weight is 138 g/mol. The first-order valence-electron chi connectivity index (χ1n) is 2.97. The van der Waals surface area contributed by atoms with Crippen LogP contribution in [0.3, 0.4) is 0 Å². The van der Waals surface area contributed by atoms with Gasteiger partial charge in [0.05, 0.1) is 0 Å². The van der Waals surface area contributed by atoms with Gasteiger partial charge < -0.3 is 4.98 Å². The molecule has 10 heavy (non-hydrogen) atoms. The second-order valence-corrected chi connectivity index (χ2v) is 1.92. The summed E-state index contributed by atoms with van der Waals surface area (Å²) in [6.45, 7) is 1.50. The van der Waals surface area contributed by atoms with Crippen LogP contribution in [-0.4, -0.2) is 15.8 Å². The molecular weight excluding hydrogens is 128 g/mol. The predicted molar refractivity (Wildman–Crippen MR) is 40.4 cm³/mol. The first kappa shape index (κ1) is 6.74. The summed E-state index contributed by atoms with van der Waals surface area (Å²) in [5, 5.41) is 0. The van der Waals surface area contributed by atoms with Crippen LogP contribution in [0.1, 0.15) is 14.2 Å². The van der Waals surface area contributed by atoms with E-state index in [0.29, 0.717) is 5.82 Å². The fourth-order valence-electron chi connectivity index (χ4n) is 0.565. The van der Waals surface area contributed by atoms with E-state index in [4.69, 9.17) is 0 Å². The van der Waals surface area contributed by atoms with Crippen LogP contribution in [0.4, 0.5) is 0 Å². The maximum atomic E-state index is 10.4. The van der Waals surface area contributed by atoms with Crippen LogP contribution in [0, 0.1) is 0 Å². The third-order valence-corrected chi connectivity index (χ3v) is 0.995. The quantitative estimate of drug-likeness (QED) is 0.625. The number of nitrogens with zero attached hydrogens (tertiary/aromatic N) is 1. The molecule has 1 rings (SSSR count). The molecule has 0 aliphatic rings. The van der Waals surface area contributed by atoms with Gasteiger partial charge in [-0.25, -0.2) is 4.98 Å². The zero-order valence-corrected chi connectivity index (χ0v) is 5.66. The van der Waals surface area contributed by atoms with Gasteiger partial charge in [0.25, 0.3) is 0 Å². The number of allylic oxidation sites excluding steroid dienone is 1. The van der Waals surface area contributed by atoms with Gasteiger partial charge in [-0.1, -0.05) is 0 Å². The summed E-state index contributed by atoms with van der Waals surface area (Å²) in [4.78, 5) is 17.1. The van der Waals surface area contributed by atoms with Gasteiger partial charge in [0.1, 0.15) is 5.82 Å². The summed E-state index contributed by atoms with van der Waals surface area (Å²) < 4.78 is 0. The van der Waals surface area contributed by atoms with E-state index in [0.717, 1.165) is 0 Å². The molecule has 0 fully saturated rings. The van der Waals surface area contributed by atoms with Crippen molar-refractivity contribution < 1.29 is 6.22 Å². The van der Waals surface area contributed by atoms with Gasteiger partial charge in [0.2, 0.25) is 0 Å². The Morgan fingerprint density at radius 2 is 2.70 bits per heavy atom. The van der Waals surface area contributed by atoms with Crippen molar-refractivity contribution >= 4 is 11.9 Å². The Bertz CT molecular complexity index is 241. The molecule has 3 heteroatoms. The molecule has 1 aromatic rings. The molecule has 0 aliphatic heterocycles. The number of carbonyl (C=O) groups excluding carboxylic acids is 1. The second-order valence-electron chi connectivity index (χ2n) is 1.92. The molecule has 0 aromatic carbocycles. The van der Waals surface area contributed by atoms with Gasteiger partial charge >= 0.3 is 0 Å². The molecule has 1 N–H and O–H groups in total. The van der Waals surface area contributed by atoms with E-state index >= 15 is 0 Å². The molecule has 0 saturated heterocycles. The molecule has 3 nitrogen and oxygen atoms in total. The van der Waals surface area contributed by atoms with Crippen molar-refractivity contribution in [3.05, 3.63) is 24.3 Å². The first-order chi connectivity index (χ1) is 4.79. The van der Waals surface area contributed by atoms with Gasteiger partial charge in [-0.3, -0.25) is 4.79 Å². The number of H-pyrrole nitrogens is 1. The highest BCUT2D eigenvalue weighted by Crippen LogP contribution is 1.90. The number of aromatic nitrogens is 2. The Balaban J connectivity index is 0.000001000. The van der Waals surface area contributed by atoms with Crippen molar-refractivity contribution in [2.45, 2.75) is 6.92 Å². The standard InChI is InChI=1S/C7H8N2O.H2/c1-6(10)2-3-7-8-4-5-9-7;/h2-5H,1H3,(H,8,9);1H/b3-2+;. The number of rotatable bonds is 2. The molecule has 0 amide bonds. The highest BCUT2D eigenvalue weighted by Gasteiger charge is 1.86. The normalized spacial score (nSPS) is 10.5. The number of carbonyl (C=O) groups is 1. The highest BCUT2D eigenvalue weighted by molar-refractivity contribution is 5.90. The summed E-state index contributed by atoms with van der Waals surface area (Å²) in [6, 6.07) is 0. The molecule has 0 bridgehead atoms. The van der Waals surface area contributed by atoms with Crippen molar-refractivity contribution in [2.24, 2.45) is 0 Å². The maximum absolute atomic E-state index is 10.4. The molecule has 0 saturated carbocycles. The number of imidazole rings is 1. The van der Waals surface area contributed by atoms with Gasteiger partial charge in [-0.2, -0.15) is 0 Å². The molecule has 0 radical (unpaired) electrons. The predicted octanol–water partition coefficient (Wildman–Crippen LogP) is 1.26. The number of hydrogen-bond donors (Lipinski definition) is 1. The van der Waals surface area contributed by atoms with Crippen molar-refractivity contribution in [2.75, 3.05) is 0 Å². The number of ketones is 1. The van der Waals surface area contributed by atoms with Crippen molar-refractivity contribution in [1.29, 1.82) is 0 Å². The Labute approximate surface area is 60.3 Å². The summed E-state index contributed by atoms with van der Waals surface area (Å²) in [5.74, 6) is 0.728. The zero-order valence-electron chi connectivity index (χ0n) is 5.66. The van der Waals surface area contributed by atoms with E-state index < -0.39 is 0 Å². The van der Waals surface area contributed by atoms with Crippen LogP contribution in [0.15, 0.2) is 18.5 Å². The Kier molecular flexibility index (Phi) is 1.99. The Morgan fingerprint density at radius 1 is 1.90 bits per heavy atom. The summed E-state index contributed by atoms with van der Waals surface area (Å²) >= 11 is 0. The van der Waals surface area contributed by atoms with Crippen LogP contribution in [0.5, 0.6) is 0 Å². The van der Waals surface area contributed by atoms with Crippen molar-refractivity contribution in [3.8, 4) is 0 Å². The minimum Gasteiger partial charge on any atom is -0.345 e. The van der Waals surface area contributed by atoms with Crippen LogP contribution in [0.25, 0.3) is 6.08 Å². The molecule has 54 valence electrons. The Morgan fingerprint density at radius 3 is 3.20 bits per heavy atom. The van der Waals surface area contributed by atoms with Crippen molar-refractivity contribution in [3.63, 3.8) is 0 Å². The van der Waals surface area contributed by atoms with E-state index in [1.165, 1.54) is 13.0 Å². The topological polar surface area (TPSA) is 45.8 Å². The lowest BCUT2D eigenvalue weighted by molar-refractivity contribution is -0.112. The van der Waals surface area contributed by atoms with Crippen molar-refractivity contribution in [1.82, 2.24) is 9.97 Å². The third-order valence-electron chi connectivity index (χ3n) is 0.995. The molecule has 0 unspecified atom stereocenters. The average Bonchev–Trinajstić information content (AvgIpc) is 2.34. The molecule has 0 atom stereocenters. The number of hydrogen-bond acceptors (Lipinski definition) is 2. The lowest BCUT2D eigenvalue weighted by Crippen LogP contribution is -1.80. The summed E-state index contributed by atoms with van der Waals surface area (Å²) in [5.41, 5.74) is 0. The van der Waals surface area contributed by atoms with E-state index in [1.807, 2.05) is 0 Å². The number of aromatic amines is 1. The Hall–Kier alpha value is -1.38.